The maximum Gasteiger partial charge on any atom is 0.305 e. The van der Waals surface area contributed by atoms with Crippen molar-refractivity contribution in [1.29, 1.82) is 0 Å². The van der Waals surface area contributed by atoms with Gasteiger partial charge in [-0.1, -0.05) is 29.8 Å². The summed E-state index contributed by atoms with van der Waals surface area (Å²) in [4.78, 5) is 15.5. The van der Waals surface area contributed by atoms with E-state index in [4.69, 9.17) is 11.6 Å². The molecule has 1 rings (SSSR count). The Balaban J connectivity index is 0.00000484. The summed E-state index contributed by atoms with van der Waals surface area (Å²) in [5.41, 5.74) is 0.993. The molecule has 5 nitrogen and oxygen atoms in total. The summed E-state index contributed by atoms with van der Waals surface area (Å²) in [6, 6.07) is 7.68. The fraction of sp³-hybridized carbons (Fsp3) is 0.500. The average Bonchev–Trinajstić information content (AvgIpc) is 2.53. The zero-order chi connectivity index (χ0) is 16.2. The first-order valence-electron chi connectivity index (χ1n) is 7.49. The van der Waals surface area contributed by atoms with Gasteiger partial charge in [0.25, 0.3) is 0 Å². The number of carbonyl (C=O) groups excluding carboxylic acids is 1. The third kappa shape index (κ3) is 9.65. The zero-order valence-corrected chi connectivity index (χ0v) is 16.7. The van der Waals surface area contributed by atoms with E-state index in [1.54, 1.807) is 0 Å². The zero-order valence-electron chi connectivity index (χ0n) is 13.6. The van der Waals surface area contributed by atoms with Crippen LogP contribution in [-0.4, -0.2) is 32.1 Å². The minimum absolute atomic E-state index is 0. The smallest absolute Gasteiger partial charge is 0.305 e. The van der Waals surface area contributed by atoms with Crippen molar-refractivity contribution in [3.63, 3.8) is 0 Å². The molecule has 1 aromatic rings. The van der Waals surface area contributed by atoms with E-state index in [9.17, 15) is 4.79 Å². The van der Waals surface area contributed by atoms with Gasteiger partial charge >= 0.3 is 5.97 Å². The lowest BCUT2D eigenvalue weighted by atomic mass is 10.2. The van der Waals surface area contributed by atoms with E-state index in [2.05, 4.69) is 20.4 Å². The molecule has 1 aromatic carbocycles. The molecule has 0 unspecified atom stereocenters. The van der Waals surface area contributed by atoms with Gasteiger partial charge in [-0.3, -0.25) is 4.79 Å². The minimum atomic E-state index is -0.167. The van der Waals surface area contributed by atoms with Crippen LogP contribution in [0.4, 0.5) is 0 Å². The molecule has 23 heavy (non-hydrogen) atoms. The second kappa shape index (κ2) is 13.4. The van der Waals surface area contributed by atoms with Crippen molar-refractivity contribution in [2.24, 2.45) is 4.99 Å². The van der Waals surface area contributed by atoms with E-state index < -0.39 is 0 Å². The lowest BCUT2D eigenvalue weighted by Gasteiger charge is -2.11. The Kier molecular flexibility index (Phi) is 12.8. The number of hydrogen-bond donors (Lipinski definition) is 2. The molecule has 7 heteroatoms. The largest absolute Gasteiger partial charge is 0.469 e. The van der Waals surface area contributed by atoms with Gasteiger partial charge in [0, 0.05) is 24.5 Å². The summed E-state index contributed by atoms with van der Waals surface area (Å²) in [5, 5.41) is 7.16. The van der Waals surface area contributed by atoms with Crippen LogP contribution < -0.4 is 10.6 Å². The average molecular weight is 454 g/mol. The standard InChI is InChI=1S/C16H24ClN3O2.HI/c1-3-18-16(19-11-7-6-10-15(21)22-2)20-12-13-8-4-5-9-14(13)17;/h4-5,8-9H,3,6-7,10-12H2,1-2H3,(H2,18,19,20);1H. The molecular weight excluding hydrogens is 429 g/mol. The fourth-order valence-electron chi connectivity index (χ4n) is 1.84. The number of methoxy groups -OCH3 is 1. The van der Waals surface area contributed by atoms with E-state index in [1.165, 1.54) is 7.11 Å². The van der Waals surface area contributed by atoms with Crippen LogP contribution in [0.1, 0.15) is 31.7 Å². The molecule has 0 aliphatic rings. The summed E-state index contributed by atoms with van der Waals surface area (Å²) in [7, 11) is 1.41. The van der Waals surface area contributed by atoms with Crippen molar-refractivity contribution in [2.45, 2.75) is 32.7 Å². The van der Waals surface area contributed by atoms with Crippen molar-refractivity contribution in [3.8, 4) is 0 Å². The summed E-state index contributed by atoms with van der Waals surface area (Å²) in [5.74, 6) is 0.583. The highest BCUT2D eigenvalue weighted by atomic mass is 127. The predicted octanol–water partition coefficient (Wildman–Crippen LogP) is 3.36. The van der Waals surface area contributed by atoms with Gasteiger partial charge in [-0.05, 0) is 31.4 Å². The van der Waals surface area contributed by atoms with E-state index >= 15 is 0 Å². The molecule has 0 radical (unpaired) electrons. The summed E-state index contributed by atoms with van der Waals surface area (Å²) in [6.45, 7) is 4.09. The first-order chi connectivity index (χ1) is 10.7. The lowest BCUT2D eigenvalue weighted by molar-refractivity contribution is -0.140. The van der Waals surface area contributed by atoms with Crippen LogP contribution in [0.3, 0.4) is 0 Å². The van der Waals surface area contributed by atoms with Crippen molar-refractivity contribution in [2.75, 3.05) is 20.2 Å². The quantitative estimate of drug-likeness (QED) is 0.208. The van der Waals surface area contributed by atoms with E-state index in [-0.39, 0.29) is 29.9 Å². The summed E-state index contributed by atoms with van der Waals surface area (Å²) in [6.07, 6.45) is 2.13. The van der Waals surface area contributed by atoms with E-state index in [0.29, 0.717) is 13.0 Å². The van der Waals surface area contributed by atoms with E-state index in [0.717, 1.165) is 42.5 Å². The summed E-state index contributed by atoms with van der Waals surface area (Å²) >= 11 is 6.12. The van der Waals surface area contributed by atoms with Crippen LogP contribution >= 0.6 is 35.6 Å². The number of nitrogens with zero attached hydrogens (tertiary/aromatic N) is 1. The molecule has 2 N–H and O–H groups in total. The van der Waals surface area contributed by atoms with Gasteiger partial charge in [0.15, 0.2) is 5.96 Å². The van der Waals surface area contributed by atoms with Crippen LogP contribution in [0, 0.1) is 0 Å². The highest BCUT2D eigenvalue weighted by Gasteiger charge is 2.02. The molecule has 0 bridgehead atoms. The van der Waals surface area contributed by atoms with Crippen LogP contribution in [0.5, 0.6) is 0 Å². The molecule has 0 saturated heterocycles. The molecule has 0 fully saturated rings. The maximum atomic E-state index is 11.0. The molecule has 0 aliphatic heterocycles. The molecule has 0 aliphatic carbocycles. The van der Waals surface area contributed by atoms with Gasteiger partial charge in [-0.2, -0.15) is 0 Å². The van der Waals surface area contributed by atoms with Crippen molar-refractivity contribution < 1.29 is 9.53 Å². The number of nitrogens with one attached hydrogen (secondary N) is 2. The third-order valence-electron chi connectivity index (χ3n) is 3.04. The number of hydrogen-bond acceptors (Lipinski definition) is 3. The van der Waals surface area contributed by atoms with Crippen molar-refractivity contribution in [3.05, 3.63) is 34.9 Å². The molecule has 0 spiro atoms. The molecular formula is C16H25ClIN3O2. The molecule has 0 aromatic heterocycles. The van der Waals surface area contributed by atoms with Crippen LogP contribution in [0.25, 0.3) is 0 Å². The second-order valence-electron chi connectivity index (χ2n) is 4.75. The third-order valence-corrected chi connectivity index (χ3v) is 3.41. The Hall–Kier alpha value is -1.02. The molecule has 0 amide bonds. The maximum absolute atomic E-state index is 11.0. The van der Waals surface area contributed by atoms with Crippen LogP contribution in [0.2, 0.25) is 5.02 Å². The normalized spacial score (nSPS) is 10.7. The number of esters is 1. The Labute approximate surface area is 160 Å². The van der Waals surface area contributed by atoms with Crippen molar-refractivity contribution in [1.82, 2.24) is 10.6 Å². The number of rotatable bonds is 8. The second-order valence-corrected chi connectivity index (χ2v) is 5.15. The van der Waals surface area contributed by atoms with Gasteiger partial charge in [-0.25, -0.2) is 4.99 Å². The topological polar surface area (TPSA) is 62.7 Å². The number of aliphatic imine (C=N–C) groups is 1. The van der Waals surface area contributed by atoms with Crippen LogP contribution in [0.15, 0.2) is 29.3 Å². The van der Waals surface area contributed by atoms with Gasteiger partial charge < -0.3 is 15.4 Å². The highest BCUT2D eigenvalue weighted by Crippen LogP contribution is 2.15. The van der Waals surface area contributed by atoms with Gasteiger partial charge in [-0.15, -0.1) is 24.0 Å². The van der Waals surface area contributed by atoms with Crippen molar-refractivity contribution >= 4 is 47.5 Å². The number of benzene rings is 1. The SMILES string of the molecule is CCNC(=NCc1ccccc1Cl)NCCCCC(=O)OC.I. The molecule has 0 atom stereocenters. The van der Waals surface area contributed by atoms with E-state index in [1.807, 2.05) is 31.2 Å². The fourth-order valence-corrected chi connectivity index (χ4v) is 2.03. The number of ether oxygens (including phenoxy) is 1. The first-order valence-corrected chi connectivity index (χ1v) is 7.87. The van der Waals surface area contributed by atoms with Crippen LogP contribution in [-0.2, 0) is 16.1 Å². The number of halogens is 2. The van der Waals surface area contributed by atoms with Gasteiger partial charge in [0.05, 0.1) is 13.7 Å². The minimum Gasteiger partial charge on any atom is -0.469 e. The number of carbonyl (C=O) groups is 1. The monoisotopic (exact) mass is 453 g/mol. The van der Waals surface area contributed by atoms with Gasteiger partial charge in [0.1, 0.15) is 0 Å². The first kappa shape index (κ1) is 22.0. The molecule has 0 saturated carbocycles. The number of guanidine groups is 1. The molecule has 0 heterocycles. The highest BCUT2D eigenvalue weighted by molar-refractivity contribution is 14.0. The Morgan fingerprint density at radius 1 is 1.26 bits per heavy atom. The number of unbranched alkanes of at least 4 members (excludes halogenated alkanes) is 1. The predicted molar refractivity (Wildman–Crippen MR) is 106 cm³/mol. The Bertz CT molecular complexity index is 498. The Morgan fingerprint density at radius 2 is 2.00 bits per heavy atom. The van der Waals surface area contributed by atoms with Gasteiger partial charge in [0.2, 0.25) is 0 Å². The summed E-state index contributed by atoms with van der Waals surface area (Å²) < 4.78 is 4.61. The molecule has 130 valence electrons. The lowest BCUT2D eigenvalue weighted by Crippen LogP contribution is -2.37. The Morgan fingerprint density at radius 3 is 2.65 bits per heavy atom.